The molecule has 3 heteroatoms. The summed E-state index contributed by atoms with van der Waals surface area (Å²) in [6.45, 7) is 0. The summed E-state index contributed by atoms with van der Waals surface area (Å²) in [6.07, 6.45) is 5.24. The number of aliphatic carboxylic acids is 1. The van der Waals surface area contributed by atoms with E-state index in [0.29, 0.717) is 0 Å². The Morgan fingerprint density at radius 1 is 1.20 bits per heavy atom. The van der Waals surface area contributed by atoms with Crippen molar-refractivity contribution < 1.29 is 31.6 Å². The number of carboxylic acid groups (broad SMARTS) is 1. The molecule has 0 aliphatic heterocycles. The minimum atomic E-state index is -0.602. The Morgan fingerprint density at radius 2 is 1.70 bits per heavy atom. The van der Waals surface area contributed by atoms with Crippen LogP contribution in [0.2, 0.25) is 0 Å². The van der Waals surface area contributed by atoms with Crippen LogP contribution < -0.4 is 0 Å². The molecule has 0 radical (unpaired) electrons. The van der Waals surface area contributed by atoms with E-state index in [1.807, 2.05) is 0 Å². The number of rotatable bonds is 1. The van der Waals surface area contributed by atoms with Gasteiger partial charge in [0.25, 0.3) is 0 Å². The first kappa shape index (κ1) is 10.2. The van der Waals surface area contributed by atoms with Crippen molar-refractivity contribution in [1.82, 2.24) is 0 Å². The third-order valence-corrected chi connectivity index (χ3v) is 1.95. The van der Waals surface area contributed by atoms with Gasteiger partial charge >= 0.3 is 5.97 Å². The molecule has 1 fully saturated rings. The molecule has 0 aromatic heterocycles. The summed E-state index contributed by atoms with van der Waals surface area (Å²) in [4.78, 5) is 10.4. The van der Waals surface area contributed by atoms with Gasteiger partial charge in [0.1, 0.15) is 0 Å². The van der Waals surface area contributed by atoms with Gasteiger partial charge in [0.05, 0.1) is 5.92 Å². The first-order valence-electron chi connectivity index (χ1n) is 3.53. The number of carbonyl (C=O) groups is 1. The molecular formula is C7H12O2Ti. The van der Waals surface area contributed by atoms with Crippen LogP contribution in [0, 0.1) is 5.92 Å². The molecular weight excluding hydrogens is 164 g/mol. The van der Waals surface area contributed by atoms with E-state index < -0.39 is 5.97 Å². The van der Waals surface area contributed by atoms with Crippen LogP contribution in [0.15, 0.2) is 0 Å². The minimum absolute atomic E-state index is 0. The van der Waals surface area contributed by atoms with E-state index in [1.165, 1.54) is 6.42 Å². The van der Waals surface area contributed by atoms with Crippen molar-refractivity contribution in [3.8, 4) is 0 Å². The zero-order valence-electron chi connectivity index (χ0n) is 5.97. The van der Waals surface area contributed by atoms with E-state index in [0.717, 1.165) is 25.7 Å². The standard InChI is InChI=1S/C7H12O2.Ti/c8-7(9)6-4-2-1-3-5-6;/h6H,1-5H2,(H,8,9);. The summed E-state index contributed by atoms with van der Waals surface area (Å²) in [7, 11) is 0. The first-order valence-corrected chi connectivity index (χ1v) is 3.53. The van der Waals surface area contributed by atoms with Gasteiger partial charge < -0.3 is 5.11 Å². The molecule has 10 heavy (non-hydrogen) atoms. The average molecular weight is 176 g/mol. The monoisotopic (exact) mass is 176 g/mol. The molecule has 0 atom stereocenters. The van der Waals surface area contributed by atoms with Crippen LogP contribution in [0.25, 0.3) is 0 Å². The van der Waals surface area contributed by atoms with Gasteiger partial charge in [-0.15, -0.1) is 0 Å². The predicted molar refractivity (Wildman–Crippen MR) is 34.2 cm³/mol. The average Bonchev–Trinajstić information content (AvgIpc) is 1.90. The Balaban J connectivity index is 0.000000810. The van der Waals surface area contributed by atoms with Crippen molar-refractivity contribution in [3.05, 3.63) is 0 Å². The molecule has 0 amide bonds. The molecule has 0 aromatic carbocycles. The zero-order chi connectivity index (χ0) is 6.69. The Kier molecular flexibility index (Phi) is 5.01. The predicted octanol–water partition coefficient (Wildman–Crippen LogP) is 1.65. The van der Waals surface area contributed by atoms with Gasteiger partial charge in [-0.25, -0.2) is 0 Å². The van der Waals surface area contributed by atoms with Crippen molar-refractivity contribution in [1.29, 1.82) is 0 Å². The summed E-state index contributed by atoms with van der Waals surface area (Å²) in [5.74, 6) is -0.631. The van der Waals surface area contributed by atoms with Crippen molar-refractivity contribution in [2.75, 3.05) is 0 Å². The molecule has 2 nitrogen and oxygen atoms in total. The number of hydrogen-bond donors (Lipinski definition) is 1. The van der Waals surface area contributed by atoms with Crippen molar-refractivity contribution in [2.24, 2.45) is 5.92 Å². The molecule has 1 aliphatic carbocycles. The van der Waals surface area contributed by atoms with Crippen LogP contribution in [-0.4, -0.2) is 11.1 Å². The maximum absolute atomic E-state index is 10.4. The maximum Gasteiger partial charge on any atom is 0.306 e. The zero-order valence-corrected chi connectivity index (χ0v) is 7.53. The molecule has 0 heterocycles. The van der Waals surface area contributed by atoms with Crippen LogP contribution in [-0.2, 0) is 26.5 Å². The molecule has 1 N–H and O–H groups in total. The van der Waals surface area contributed by atoms with Gasteiger partial charge in [0, 0.05) is 21.7 Å². The van der Waals surface area contributed by atoms with Gasteiger partial charge in [-0.3, -0.25) is 4.79 Å². The van der Waals surface area contributed by atoms with E-state index in [1.54, 1.807) is 0 Å². The molecule has 0 spiro atoms. The summed E-state index contributed by atoms with van der Waals surface area (Å²) in [5.41, 5.74) is 0. The van der Waals surface area contributed by atoms with Gasteiger partial charge in [0.2, 0.25) is 0 Å². The van der Waals surface area contributed by atoms with Crippen molar-refractivity contribution in [3.63, 3.8) is 0 Å². The SMILES string of the molecule is O=C(O)C1CCCCC1.[Ti]. The first-order chi connectivity index (χ1) is 4.30. The van der Waals surface area contributed by atoms with Gasteiger partial charge in [-0.05, 0) is 12.8 Å². The second-order valence-corrected chi connectivity index (χ2v) is 2.67. The van der Waals surface area contributed by atoms with Crippen LogP contribution >= 0.6 is 0 Å². The fraction of sp³-hybridized carbons (Fsp3) is 0.857. The molecule has 0 saturated heterocycles. The Labute approximate surface area is 75.9 Å². The normalized spacial score (nSPS) is 19.6. The largest absolute Gasteiger partial charge is 0.481 e. The summed E-state index contributed by atoms with van der Waals surface area (Å²) in [5, 5.41) is 8.54. The summed E-state index contributed by atoms with van der Waals surface area (Å²) < 4.78 is 0. The third-order valence-electron chi connectivity index (χ3n) is 1.95. The third kappa shape index (κ3) is 2.85. The molecule has 0 unspecified atom stereocenters. The molecule has 0 bridgehead atoms. The second kappa shape index (κ2) is 4.92. The summed E-state index contributed by atoms with van der Waals surface area (Å²) >= 11 is 0. The van der Waals surface area contributed by atoms with Crippen molar-refractivity contribution >= 4 is 5.97 Å². The Hall–Kier alpha value is 0.184. The maximum atomic E-state index is 10.4. The fourth-order valence-corrected chi connectivity index (χ4v) is 1.35. The minimum Gasteiger partial charge on any atom is -0.481 e. The van der Waals surface area contributed by atoms with Crippen LogP contribution in [0.4, 0.5) is 0 Å². The van der Waals surface area contributed by atoms with E-state index in [9.17, 15) is 4.79 Å². The smallest absolute Gasteiger partial charge is 0.306 e. The summed E-state index contributed by atoms with van der Waals surface area (Å²) in [6, 6.07) is 0. The molecule has 0 aromatic rings. The molecule has 56 valence electrons. The molecule has 1 saturated carbocycles. The Bertz CT molecular complexity index is 108. The van der Waals surface area contributed by atoms with Crippen LogP contribution in [0.1, 0.15) is 32.1 Å². The second-order valence-electron chi connectivity index (χ2n) is 2.67. The van der Waals surface area contributed by atoms with E-state index >= 15 is 0 Å². The van der Waals surface area contributed by atoms with Crippen molar-refractivity contribution in [2.45, 2.75) is 32.1 Å². The molecule has 1 aliphatic rings. The number of hydrogen-bond acceptors (Lipinski definition) is 1. The quantitative estimate of drug-likeness (QED) is 0.616. The van der Waals surface area contributed by atoms with E-state index in [-0.39, 0.29) is 27.6 Å². The van der Waals surface area contributed by atoms with E-state index in [4.69, 9.17) is 5.11 Å². The van der Waals surface area contributed by atoms with Gasteiger partial charge in [0.15, 0.2) is 0 Å². The van der Waals surface area contributed by atoms with E-state index in [2.05, 4.69) is 0 Å². The number of carboxylic acids is 1. The Morgan fingerprint density at radius 3 is 2.00 bits per heavy atom. The van der Waals surface area contributed by atoms with Crippen LogP contribution in [0.5, 0.6) is 0 Å². The van der Waals surface area contributed by atoms with Gasteiger partial charge in [-0.2, -0.15) is 0 Å². The fourth-order valence-electron chi connectivity index (χ4n) is 1.35. The molecule has 1 rings (SSSR count). The van der Waals surface area contributed by atoms with Crippen LogP contribution in [0.3, 0.4) is 0 Å². The van der Waals surface area contributed by atoms with Gasteiger partial charge in [-0.1, -0.05) is 19.3 Å². The topological polar surface area (TPSA) is 37.3 Å².